The third-order valence-electron chi connectivity index (χ3n) is 1.09. The fourth-order valence-electron chi connectivity index (χ4n) is 0.587. The molecule has 0 aliphatic heterocycles. The molecular weight excluding hydrogens is 138 g/mol. The quantitative estimate of drug-likeness (QED) is 0.423. The molecule has 0 aromatic carbocycles. The lowest BCUT2D eigenvalue weighted by Gasteiger charge is -2.00. The fraction of sp³-hybridized carbons (Fsp3) is 0.444. The van der Waals surface area contributed by atoms with Crippen LogP contribution < -0.4 is 0 Å². The summed E-state index contributed by atoms with van der Waals surface area (Å²) in [5.74, 6) is 0. The monoisotopic (exact) mass is 153 g/mol. The maximum absolute atomic E-state index is 5.24. The first-order chi connectivity index (χ1) is 5.35. The van der Waals surface area contributed by atoms with Gasteiger partial charge in [0.25, 0.3) is 0 Å². The van der Waals surface area contributed by atoms with Crippen LogP contribution in [-0.4, -0.2) is 18.9 Å². The van der Waals surface area contributed by atoms with Gasteiger partial charge in [-0.1, -0.05) is 20.1 Å². The molecule has 2 nitrogen and oxygen atoms in total. The van der Waals surface area contributed by atoms with Crippen molar-refractivity contribution in [3.05, 3.63) is 25.4 Å². The van der Waals surface area contributed by atoms with E-state index in [4.69, 9.17) is 4.74 Å². The van der Waals surface area contributed by atoms with E-state index in [0.717, 1.165) is 18.7 Å². The molecule has 0 radical (unpaired) electrons. The van der Waals surface area contributed by atoms with Gasteiger partial charge in [-0.3, -0.25) is 4.99 Å². The highest BCUT2D eigenvalue weighted by Gasteiger charge is 1.90. The average molecular weight is 153 g/mol. The van der Waals surface area contributed by atoms with Gasteiger partial charge in [0.05, 0.1) is 12.3 Å². The summed E-state index contributed by atoms with van der Waals surface area (Å²) in [5, 5.41) is 0. The molecule has 0 saturated carbocycles. The van der Waals surface area contributed by atoms with Crippen molar-refractivity contribution in [2.24, 2.45) is 4.99 Å². The van der Waals surface area contributed by atoms with Crippen LogP contribution in [0, 0.1) is 0 Å². The minimum Gasteiger partial charge on any atom is -0.375 e. The van der Waals surface area contributed by atoms with Gasteiger partial charge in [-0.15, -0.1) is 0 Å². The minimum absolute atomic E-state index is 0.531. The number of hydrogen-bond donors (Lipinski definition) is 0. The van der Waals surface area contributed by atoms with Crippen molar-refractivity contribution in [3.8, 4) is 0 Å². The Morgan fingerprint density at radius 1 is 1.55 bits per heavy atom. The number of aliphatic imine (C=N–C) groups is 1. The second kappa shape index (κ2) is 7.22. The highest BCUT2D eigenvalue weighted by molar-refractivity contribution is 5.95. The van der Waals surface area contributed by atoms with Crippen molar-refractivity contribution >= 4 is 5.71 Å². The van der Waals surface area contributed by atoms with Crippen molar-refractivity contribution in [3.63, 3.8) is 0 Å². The third kappa shape index (κ3) is 5.55. The van der Waals surface area contributed by atoms with Crippen LogP contribution in [0.2, 0.25) is 0 Å². The van der Waals surface area contributed by atoms with E-state index in [1.54, 1.807) is 6.08 Å². The van der Waals surface area contributed by atoms with Crippen LogP contribution in [0.5, 0.6) is 0 Å². The molecule has 11 heavy (non-hydrogen) atoms. The van der Waals surface area contributed by atoms with E-state index in [1.807, 2.05) is 0 Å². The van der Waals surface area contributed by atoms with E-state index in [1.165, 1.54) is 6.20 Å². The van der Waals surface area contributed by atoms with Gasteiger partial charge in [-0.25, -0.2) is 0 Å². The van der Waals surface area contributed by atoms with Gasteiger partial charge in [0.2, 0.25) is 0 Å². The first-order valence-electron chi connectivity index (χ1n) is 3.72. The Bertz CT molecular complexity index is 150. The van der Waals surface area contributed by atoms with E-state index in [-0.39, 0.29) is 0 Å². The van der Waals surface area contributed by atoms with Gasteiger partial charge >= 0.3 is 0 Å². The molecule has 0 aromatic heterocycles. The SMILES string of the molecule is C=CN=C(C=C)COCCC. The summed E-state index contributed by atoms with van der Waals surface area (Å²) < 4.78 is 5.24. The fourth-order valence-corrected chi connectivity index (χ4v) is 0.587. The Hall–Kier alpha value is -0.890. The van der Waals surface area contributed by atoms with E-state index in [0.29, 0.717) is 6.61 Å². The second-order valence-electron chi connectivity index (χ2n) is 2.06. The maximum atomic E-state index is 5.24. The summed E-state index contributed by atoms with van der Waals surface area (Å²) in [6.45, 7) is 10.5. The van der Waals surface area contributed by atoms with Crippen molar-refractivity contribution in [1.29, 1.82) is 0 Å². The second-order valence-corrected chi connectivity index (χ2v) is 2.06. The zero-order valence-electron chi connectivity index (χ0n) is 7.05. The largest absolute Gasteiger partial charge is 0.375 e. The molecule has 0 heterocycles. The van der Waals surface area contributed by atoms with E-state index < -0.39 is 0 Å². The lowest BCUT2D eigenvalue weighted by molar-refractivity contribution is 0.173. The van der Waals surface area contributed by atoms with E-state index in [9.17, 15) is 0 Å². The molecular formula is C9H15NO. The average Bonchev–Trinajstić information content (AvgIpc) is 2.03. The highest BCUT2D eigenvalue weighted by atomic mass is 16.5. The molecule has 62 valence electrons. The molecule has 0 bridgehead atoms. The predicted molar refractivity (Wildman–Crippen MR) is 48.9 cm³/mol. The molecule has 0 spiro atoms. The Morgan fingerprint density at radius 2 is 2.27 bits per heavy atom. The zero-order chi connectivity index (χ0) is 8.53. The Balaban J connectivity index is 3.60. The number of nitrogens with zero attached hydrogens (tertiary/aromatic N) is 1. The molecule has 0 aliphatic rings. The molecule has 0 aliphatic carbocycles. The van der Waals surface area contributed by atoms with Gasteiger partial charge in [0.1, 0.15) is 0 Å². The third-order valence-corrected chi connectivity index (χ3v) is 1.09. The lowest BCUT2D eigenvalue weighted by atomic mass is 10.4. The number of rotatable bonds is 6. The topological polar surface area (TPSA) is 21.6 Å². The normalized spacial score (nSPS) is 11.2. The summed E-state index contributed by atoms with van der Waals surface area (Å²) in [7, 11) is 0. The summed E-state index contributed by atoms with van der Waals surface area (Å²) in [5.41, 5.74) is 0.827. The first kappa shape index (κ1) is 10.1. The Labute approximate surface area is 68.3 Å². The van der Waals surface area contributed by atoms with Crippen LogP contribution in [0.3, 0.4) is 0 Å². The van der Waals surface area contributed by atoms with Crippen molar-refractivity contribution < 1.29 is 4.74 Å². The van der Waals surface area contributed by atoms with Crippen molar-refractivity contribution in [2.75, 3.05) is 13.2 Å². The van der Waals surface area contributed by atoms with Gasteiger partial charge in [-0.05, 0) is 12.5 Å². The van der Waals surface area contributed by atoms with Crippen LogP contribution >= 0.6 is 0 Å². The molecule has 0 N–H and O–H groups in total. The maximum Gasteiger partial charge on any atom is 0.0887 e. The lowest BCUT2D eigenvalue weighted by Crippen LogP contribution is -2.05. The molecule has 0 atom stereocenters. The summed E-state index contributed by atoms with van der Waals surface area (Å²) in [6.07, 6.45) is 4.20. The molecule has 2 heteroatoms. The molecule has 0 saturated heterocycles. The van der Waals surface area contributed by atoms with Crippen LogP contribution in [0.1, 0.15) is 13.3 Å². The van der Waals surface area contributed by atoms with Gasteiger partial charge in [0.15, 0.2) is 0 Å². The van der Waals surface area contributed by atoms with Crippen molar-refractivity contribution in [1.82, 2.24) is 0 Å². The van der Waals surface area contributed by atoms with Gasteiger partial charge < -0.3 is 4.74 Å². The molecule has 0 amide bonds. The Morgan fingerprint density at radius 3 is 2.73 bits per heavy atom. The number of ether oxygens (including phenoxy) is 1. The van der Waals surface area contributed by atoms with Crippen LogP contribution in [0.25, 0.3) is 0 Å². The Kier molecular flexibility index (Phi) is 6.64. The molecule has 0 rings (SSSR count). The number of hydrogen-bond acceptors (Lipinski definition) is 2. The van der Waals surface area contributed by atoms with E-state index >= 15 is 0 Å². The van der Waals surface area contributed by atoms with E-state index in [2.05, 4.69) is 25.1 Å². The summed E-state index contributed by atoms with van der Waals surface area (Å²) in [6, 6.07) is 0. The van der Waals surface area contributed by atoms with Crippen molar-refractivity contribution in [2.45, 2.75) is 13.3 Å². The predicted octanol–water partition coefficient (Wildman–Crippen LogP) is 2.18. The summed E-state index contributed by atoms with van der Waals surface area (Å²) >= 11 is 0. The zero-order valence-corrected chi connectivity index (χ0v) is 7.05. The standard InChI is InChI=1S/C9H15NO/c1-4-7-11-8-9(5-2)10-6-3/h5-6H,2-4,7-8H2,1H3. The molecule has 0 aromatic rings. The smallest absolute Gasteiger partial charge is 0.0887 e. The molecule has 0 unspecified atom stereocenters. The van der Waals surface area contributed by atoms with Crippen LogP contribution in [0.15, 0.2) is 30.4 Å². The van der Waals surface area contributed by atoms with Gasteiger partial charge in [0, 0.05) is 12.8 Å². The summed E-state index contributed by atoms with van der Waals surface area (Å²) in [4.78, 5) is 3.95. The highest BCUT2D eigenvalue weighted by Crippen LogP contribution is 1.86. The molecule has 0 fully saturated rings. The van der Waals surface area contributed by atoms with Crippen LogP contribution in [-0.2, 0) is 4.74 Å². The van der Waals surface area contributed by atoms with Crippen LogP contribution in [0.4, 0.5) is 0 Å². The first-order valence-corrected chi connectivity index (χ1v) is 3.72. The van der Waals surface area contributed by atoms with Gasteiger partial charge in [-0.2, -0.15) is 0 Å². The minimum atomic E-state index is 0.531.